The van der Waals surface area contributed by atoms with Crippen LogP contribution < -0.4 is 10.3 Å². The summed E-state index contributed by atoms with van der Waals surface area (Å²) in [5, 5.41) is 19.4. The molecule has 7 nitrogen and oxygen atoms in total. The first kappa shape index (κ1) is 22.7. The zero-order chi connectivity index (χ0) is 23.4. The predicted octanol–water partition coefficient (Wildman–Crippen LogP) is 4.58. The minimum Gasteiger partial charge on any atom is -0.512 e. The van der Waals surface area contributed by atoms with Crippen molar-refractivity contribution >= 4 is 22.2 Å². The van der Waals surface area contributed by atoms with Gasteiger partial charge in [-0.3, -0.25) is 9.78 Å². The van der Waals surface area contributed by atoms with Crippen molar-refractivity contribution in [2.24, 2.45) is 5.92 Å². The Kier molecular flexibility index (Phi) is 6.89. The summed E-state index contributed by atoms with van der Waals surface area (Å²) in [6.07, 6.45) is 3.57. The Morgan fingerprint density at radius 1 is 1.21 bits per heavy atom. The number of aliphatic hydroxyl groups is 1. The Morgan fingerprint density at radius 2 is 2.00 bits per heavy atom. The molecule has 0 bridgehead atoms. The first-order chi connectivity index (χ1) is 15.9. The van der Waals surface area contributed by atoms with Gasteiger partial charge in [0.2, 0.25) is 0 Å². The van der Waals surface area contributed by atoms with Gasteiger partial charge in [-0.05, 0) is 62.3 Å². The number of aromatic nitrogens is 2. The molecule has 172 valence electrons. The lowest BCUT2D eigenvalue weighted by atomic mass is 9.97. The van der Waals surface area contributed by atoms with Gasteiger partial charge in [-0.2, -0.15) is 0 Å². The average molecular weight is 448 g/mol. The molecule has 2 aromatic heterocycles. The van der Waals surface area contributed by atoms with Gasteiger partial charge in [0.1, 0.15) is 5.75 Å². The molecule has 0 atom stereocenters. The van der Waals surface area contributed by atoms with Gasteiger partial charge in [0.15, 0.2) is 0 Å². The SMILES string of the molecule is CC(=N)/C(=C(/C)O)c1cc2ccc(=O)n(Cc3ccccn3)c2cc1OCC1CCOCC1. The first-order valence-electron chi connectivity index (χ1n) is 11.2. The molecule has 0 unspecified atom stereocenters. The maximum atomic E-state index is 12.8. The summed E-state index contributed by atoms with van der Waals surface area (Å²) >= 11 is 0. The van der Waals surface area contributed by atoms with Gasteiger partial charge < -0.3 is 24.6 Å². The molecule has 0 amide bonds. The molecule has 33 heavy (non-hydrogen) atoms. The molecule has 7 heteroatoms. The van der Waals surface area contributed by atoms with Gasteiger partial charge in [-0.1, -0.05) is 6.07 Å². The molecular formula is C26H29N3O4. The quantitative estimate of drug-likeness (QED) is 0.408. The summed E-state index contributed by atoms with van der Waals surface area (Å²) in [4.78, 5) is 17.1. The van der Waals surface area contributed by atoms with Crippen molar-refractivity contribution in [1.29, 1.82) is 5.41 Å². The molecule has 0 radical (unpaired) electrons. The van der Waals surface area contributed by atoms with E-state index in [1.807, 2.05) is 30.3 Å². The molecule has 4 rings (SSSR count). The van der Waals surface area contributed by atoms with Gasteiger partial charge in [-0.25, -0.2) is 0 Å². The van der Waals surface area contributed by atoms with Crippen LogP contribution in [0, 0.1) is 11.3 Å². The molecule has 1 saturated heterocycles. The second kappa shape index (κ2) is 10.0. The smallest absolute Gasteiger partial charge is 0.251 e. The van der Waals surface area contributed by atoms with Gasteiger partial charge in [-0.15, -0.1) is 0 Å². The van der Waals surface area contributed by atoms with E-state index in [9.17, 15) is 9.90 Å². The Morgan fingerprint density at radius 3 is 2.67 bits per heavy atom. The molecule has 3 aromatic rings. The normalized spacial score (nSPS) is 15.3. The van der Waals surface area contributed by atoms with Crippen LogP contribution >= 0.6 is 0 Å². The lowest BCUT2D eigenvalue weighted by Gasteiger charge is -2.24. The highest BCUT2D eigenvalue weighted by Crippen LogP contribution is 2.34. The zero-order valence-electron chi connectivity index (χ0n) is 19.0. The molecular weight excluding hydrogens is 418 g/mol. The maximum Gasteiger partial charge on any atom is 0.251 e. The maximum absolute atomic E-state index is 12.8. The van der Waals surface area contributed by atoms with Crippen LogP contribution in [0.2, 0.25) is 0 Å². The average Bonchev–Trinajstić information content (AvgIpc) is 2.81. The van der Waals surface area contributed by atoms with Crippen molar-refractivity contribution in [3.8, 4) is 5.75 Å². The van der Waals surface area contributed by atoms with Crippen LogP contribution in [0.4, 0.5) is 0 Å². The number of nitrogens with zero attached hydrogens (tertiary/aromatic N) is 2. The molecule has 0 aliphatic carbocycles. The van der Waals surface area contributed by atoms with E-state index in [0.717, 1.165) is 42.7 Å². The van der Waals surface area contributed by atoms with Gasteiger partial charge in [0, 0.05) is 48.4 Å². The third-order valence-corrected chi connectivity index (χ3v) is 5.96. The monoisotopic (exact) mass is 447 g/mol. The minimum atomic E-state index is -0.131. The fourth-order valence-corrected chi connectivity index (χ4v) is 4.24. The Balaban J connectivity index is 1.83. The number of allylic oxidation sites excluding steroid dienone is 2. The van der Waals surface area contributed by atoms with E-state index in [1.165, 1.54) is 6.07 Å². The predicted molar refractivity (Wildman–Crippen MR) is 129 cm³/mol. The highest BCUT2D eigenvalue weighted by molar-refractivity contribution is 6.22. The van der Waals surface area contributed by atoms with E-state index >= 15 is 0 Å². The highest BCUT2D eigenvalue weighted by atomic mass is 16.5. The van der Waals surface area contributed by atoms with Gasteiger partial charge in [0.25, 0.3) is 5.56 Å². The number of hydrogen-bond acceptors (Lipinski definition) is 6. The third kappa shape index (κ3) is 5.14. The fourth-order valence-electron chi connectivity index (χ4n) is 4.24. The van der Waals surface area contributed by atoms with Crippen molar-refractivity contribution in [3.63, 3.8) is 0 Å². The van der Waals surface area contributed by atoms with E-state index in [-0.39, 0.29) is 17.0 Å². The molecule has 1 fully saturated rings. The lowest BCUT2D eigenvalue weighted by molar-refractivity contribution is 0.0497. The highest BCUT2D eigenvalue weighted by Gasteiger charge is 2.20. The Bertz CT molecular complexity index is 1240. The molecule has 1 aliphatic rings. The number of ether oxygens (including phenoxy) is 2. The van der Waals surface area contributed by atoms with E-state index < -0.39 is 0 Å². The van der Waals surface area contributed by atoms with Crippen LogP contribution in [-0.2, 0) is 11.3 Å². The summed E-state index contributed by atoms with van der Waals surface area (Å²) in [6.45, 7) is 5.51. The van der Waals surface area contributed by atoms with Crippen molar-refractivity contribution in [3.05, 3.63) is 76.0 Å². The fraction of sp³-hybridized carbons (Fsp3) is 0.346. The number of nitrogens with one attached hydrogen (secondary N) is 1. The van der Waals surface area contributed by atoms with Crippen molar-refractivity contribution in [1.82, 2.24) is 9.55 Å². The summed E-state index contributed by atoms with van der Waals surface area (Å²) < 4.78 is 13.4. The van der Waals surface area contributed by atoms with E-state index in [1.54, 1.807) is 30.7 Å². The number of hydrogen-bond donors (Lipinski definition) is 2. The summed E-state index contributed by atoms with van der Waals surface area (Å²) in [7, 11) is 0. The largest absolute Gasteiger partial charge is 0.512 e. The van der Waals surface area contributed by atoms with E-state index in [2.05, 4.69) is 4.98 Å². The van der Waals surface area contributed by atoms with Crippen LogP contribution in [0.3, 0.4) is 0 Å². The molecule has 0 spiro atoms. The molecule has 3 heterocycles. The van der Waals surface area contributed by atoms with E-state index in [0.29, 0.717) is 36.0 Å². The van der Waals surface area contributed by atoms with Gasteiger partial charge >= 0.3 is 0 Å². The Labute approximate surface area is 192 Å². The van der Waals surface area contributed by atoms with Gasteiger partial charge in [0.05, 0.1) is 30.1 Å². The summed E-state index contributed by atoms with van der Waals surface area (Å²) in [5.41, 5.74) is 2.69. The standard InChI is InChI=1S/C26H29N3O4/c1-17(27)26(18(2)30)22-13-20-6-7-25(31)29(15-21-5-3-4-10-28-21)23(20)14-24(22)33-16-19-8-11-32-12-9-19/h3-7,10,13-14,19,27,30H,8-9,11-12,15-16H2,1-2H3/b26-18+,27-17?. The van der Waals surface area contributed by atoms with Crippen LogP contribution in [-0.4, -0.2) is 40.2 Å². The van der Waals surface area contributed by atoms with Crippen molar-refractivity contribution < 1.29 is 14.6 Å². The minimum absolute atomic E-state index is 0.0552. The van der Waals surface area contributed by atoms with Crippen LogP contribution in [0.1, 0.15) is 37.9 Å². The number of rotatable bonds is 7. The van der Waals surface area contributed by atoms with Crippen LogP contribution in [0.15, 0.2) is 59.2 Å². The van der Waals surface area contributed by atoms with E-state index in [4.69, 9.17) is 14.9 Å². The molecule has 0 saturated carbocycles. The molecule has 1 aromatic carbocycles. The topological polar surface area (TPSA) is 97.4 Å². The van der Waals surface area contributed by atoms with Crippen molar-refractivity contribution in [2.75, 3.05) is 19.8 Å². The number of fused-ring (bicyclic) bond motifs is 1. The van der Waals surface area contributed by atoms with Crippen LogP contribution in [0.5, 0.6) is 5.75 Å². The molecule has 2 N–H and O–H groups in total. The first-order valence-corrected chi connectivity index (χ1v) is 11.2. The second-order valence-electron chi connectivity index (χ2n) is 8.44. The molecule has 1 aliphatic heterocycles. The van der Waals surface area contributed by atoms with Crippen LogP contribution in [0.25, 0.3) is 16.5 Å². The summed E-state index contributed by atoms with van der Waals surface area (Å²) in [6, 6.07) is 12.7. The Hall–Kier alpha value is -3.45. The second-order valence-corrected chi connectivity index (χ2v) is 8.44. The summed E-state index contributed by atoms with van der Waals surface area (Å²) in [5.74, 6) is 0.974. The zero-order valence-corrected chi connectivity index (χ0v) is 19.0. The lowest BCUT2D eigenvalue weighted by Crippen LogP contribution is -2.22. The number of benzene rings is 1. The number of pyridine rings is 2. The van der Waals surface area contributed by atoms with Crippen molar-refractivity contribution in [2.45, 2.75) is 33.2 Å². The number of aliphatic hydroxyl groups excluding tert-OH is 1. The third-order valence-electron chi connectivity index (χ3n) is 5.96.